The summed E-state index contributed by atoms with van der Waals surface area (Å²) in [5.74, 6) is 1.57. The fourth-order valence-corrected chi connectivity index (χ4v) is 3.41. The van der Waals surface area contributed by atoms with E-state index in [1.807, 2.05) is 30.5 Å². The first kappa shape index (κ1) is 12.8. The predicted molar refractivity (Wildman–Crippen MR) is 79.0 cm³/mol. The van der Waals surface area contributed by atoms with Crippen molar-refractivity contribution >= 4 is 0 Å². The van der Waals surface area contributed by atoms with Gasteiger partial charge in [0.05, 0.1) is 6.10 Å². The standard InChI is InChI=1S/C17H19NO3/c1-17(2)8-13-12(14(19)9-17)5-6-18(13)11-3-4-15-16(7-11)21-10-20-15/h3-7,14,19H,8-10H2,1-2H3. The molecule has 2 aromatic rings. The molecule has 0 bridgehead atoms. The smallest absolute Gasteiger partial charge is 0.231 e. The molecule has 1 aromatic carbocycles. The summed E-state index contributed by atoms with van der Waals surface area (Å²) in [7, 11) is 0. The van der Waals surface area contributed by atoms with E-state index in [-0.39, 0.29) is 18.3 Å². The maximum absolute atomic E-state index is 10.4. The molecule has 2 aliphatic rings. The highest BCUT2D eigenvalue weighted by atomic mass is 16.7. The summed E-state index contributed by atoms with van der Waals surface area (Å²) in [5, 5.41) is 10.4. The summed E-state index contributed by atoms with van der Waals surface area (Å²) in [6, 6.07) is 7.99. The van der Waals surface area contributed by atoms with E-state index in [1.54, 1.807) is 0 Å². The zero-order valence-electron chi connectivity index (χ0n) is 12.3. The molecule has 1 aromatic heterocycles. The first-order valence-electron chi connectivity index (χ1n) is 7.32. The van der Waals surface area contributed by atoms with Crippen LogP contribution in [-0.2, 0) is 6.42 Å². The van der Waals surface area contributed by atoms with Crippen molar-refractivity contribution in [1.29, 1.82) is 0 Å². The Labute approximate surface area is 123 Å². The Morgan fingerprint density at radius 2 is 2.00 bits per heavy atom. The van der Waals surface area contributed by atoms with Crippen LogP contribution in [0.3, 0.4) is 0 Å². The lowest BCUT2D eigenvalue weighted by atomic mass is 9.75. The van der Waals surface area contributed by atoms with Crippen molar-refractivity contribution in [1.82, 2.24) is 4.57 Å². The molecule has 21 heavy (non-hydrogen) atoms. The molecule has 1 N–H and O–H groups in total. The van der Waals surface area contributed by atoms with E-state index in [1.165, 1.54) is 5.69 Å². The van der Waals surface area contributed by atoms with Crippen molar-refractivity contribution in [3.05, 3.63) is 41.7 Å². The first-order valence-corrected chi connectivity index (χ1v) is 7.32. The van der Waals surface area contributed by atoms with E-state index < -0.39 is 0 Å². The van der Waals surface area contributed by atoms with Gasteiger partial charge in [0.2, 0.25) is 6.79 Å². The summed E-state index contributed by atoms with van der Waals surface area (Å²) in [6.45, 7) is 4.70. The Morgan fingerprint density at radius 3 is 2.86 bits per heavy atom. The molecule has 1 aliphatic carbocycles. The highest BCUT2D eigenvalue weighted by Crippen LogP contribution is 2.42. The van der Waals surface area contributed by atoms with Gasteiger partial charge in [0, 0.05) is 29.2 Å². The van der Waals surface area contributed by atoms with Gasteiger partial charge < -0.3 is 19.1 Å². The number of aromatic nitrogens is 1. The highest BCUT2D eigenvalue weighted by molar-refractivity contribution is 5.51. The molecule has 4 rings (SSSR count). The lowest BCUT2D eigenvalue weighted by Gasteiger charge is -2.33. The van der Waals surface area contributed by atoms with Gasteiger partial charge in [0.1, 0.15) is 0 Å². The molecule has 4 heteroatoms. The van der Waals surface area contributed by atoms with Crippen molar-refractivity contribution in [2.45, 2.75) is 32.8 Å². The minimum Gasteiger partial charge on any atom is -0.454 e. The topological polar surface area (TPSA) is 43.6 Å². The first-order chi connectivity index (χ1) is 10.0. The SMILES string of the molecule is CC1(C)Cc2c(ccn2-c2ccc3c(c2)OCO3)C(O)C1. The van der Waals surface area contributed by atoms with Crippen LogP contribution in [0.25, 0.3) is 5.69 Å². The number of aliphatic hydroxyl groups is 1. The molecule has 0 fully saturated rings. The van der Waals surface area contributed by atoms with E-state index >= 15 is 0 Å². The van der Waals surface area contributed by atoms with Crippen LogP contribution in [0, 0.1) is 5.41 Å². The lowest BCUT2D eigenvalue weighted by molar-refractivity contribution is 0.0987. The number of hydrogen-bond donors (Lipinski definition) is 1. The molecule has 0 saturated heterocycles. The molecule has 0 spiro atoms. The molecule has 0 saturated carbocycles. The van der Waals surface area contributed by atoms with Crippen molar-refractivity contribution in [2.75, 3.05) is 6.79 Å². The Bertz CT molecular complexity index is 702. The van der Waals surface area contributed by atoms with Gasteiger partial charge in [-0.2, -0.15) is 0 Å². The summed E-state index contributed by atoms with van der Waals surface area (Å²) in [6.07, 6.45) is 3.43. The molecule has 0 radical (unpaired) electrons. The number of benzene rings is 1. The molecule has 1 atom stereocenters. The third-order valence-electron chi connectivity index (χ3n) is 4.41. The zero-order chi connectivity index (χ0) is 14.6. The van der Waals surface area contributed by atoms with Gasteiger partial charge in [-0.25, -0.2) is 0 Å². The van der Waals surface area contributed by atoms with Crippen LogP contribution in [0.4, 0.5) is 0 Å². The predicted octanol–water partition coefficient (Wildman–Crippen LogP) is 3.21. The van der Waals surface area contributed by atoms with Crippen LogP contribution < -0.4 is 9.47 Å². The summed E-state index contributed by atoms with van der Waals surface area (Å²) < 4.78 is 13.0. The number of fused-ring (bicyclic) bond motifs is 2. The lowest BCUT2D eigenvalue weighted by Crippen LogP contribution is -2.26. The quantitative estimate of drug-likeness (QED) is 0.875. The molecular weight excluding hydrogens is 266 g/mol. The van der Waals surface area contributed by atoms with E-state index in [0.717, 1.165) is 35.6 Å². The van der Waals surface area contributed by atoms with Gasteiger partial charge in [-0.3, -0.25) is 0 Å². The van der Waals surface area contributed by atoms with Crippen molar-refractivity contribution < 1.29 is 14.6 Å². The fraction of sp³-hybridized carbons (Fsp3) is 0.412. The van der Waals surface area contributed by atoms with Crippen LogP contribution in [0.1, 0.15) is 37.6 Å². The van der Waals surface area contributed by atoms with E-state index in [4.69, 9.17) is 9.47 Å². The van der Waals surface area contributed by atoms with Gasteiger partial charge in [0.15, 0.2) is 11.5 Å². The fourth-order valence-electron chi connectivity index (χ4n) is 3.41. The molecule has 4 nitrogen and oxygen atoms in total. The van der Waals surface area contributed by atoms with Crippen LogP contribution in [0.15, 0.2) is 30.5 Å². The Morgan fingerprint density at radius 1 is 1.19 bits per heavy atom. The Balaban J connectivity index is 1.80. The van der Waals surface area contributed by atoms with Crippen LogP contribution in [0.5, 0.6) is 11.5 Å². The van der Waals surface area contributed by atoms with Crippen LogP contribution >= 0.6 is 0 Å². The zero-order valence-corrected chi connectivity index (χ0v) is 12.3. The molecule has 0 amide bonds. The molecule has 1 unspecified atom stereocenters. The van der Waals surface area contributed by atoms with Crippen LogP contribution in [-0.4, -0.2) is 16.5 Å². The largest absolute Gasteiger partial charge is 0.454 e. The average Bonchev–Trinajstić information content (AvgIpc) is 3.02. The third-order valence-corrected chi connectivity index (χ3v) is 4.41. The average molecular weight is 285 g/mol. The van der Waals surface area contributed by atoms with E-state index in [2.05, 4.69) is 18.4 Å². The van der Waals surface area contributed by atoms with Crippen molar-refractivity contribution in [3.8, 4) is 17.2 Å². The van der Waals surface area contributed by atoms with Gasteiger partial charge >= 0.3 is 0 Å². The minimum absolute atomic E-state index is 0.110. The maximum atomic E-state index is 10.4. The molecule has 2 heterocycles. The van der Waals surface area contributed by atoms with Crippen molar-refractivity contribution in [2.24, 2.45) is 5.41 Å². The third kappa shape index (κ3) is 2.02. The van der Waals surface area contributed by atoms with E-state index in [0.29, 0.717) is 0 Å². The Kier molecular flexibility index (Phi) is 2.60. The van der Waals surface area contributed by atoms with Gasteiger partial charge in [0.25, 0.3) is 0 Å². The number of nitrogens with zero attached hydrogens (tertiary/aromatic N) is 1. The second kappa shape index (κ2) is 4.28. The minimum atomic E-state index is -0.376. The summed E-state index contributed by atoms with van der Waals surface area (Å²) in [5.41, 5.74) is 3.40. The molecule has 110 valence electrons. The van der Waals surface area contributed by atoms with Gasteiger partial charge in [-0.1, -0.05) is 13.8 Å². The number of ether oxygens (including phenoxy) is 2. The second-order valence-electron chi connectivity index (χ2n) is 6.69. The number of hydrogen-bond acceptors (Lipinski definition) is 3. The highest BCUT2D eigenvalue weighted by Gasteiger charge is 2.33. The monoisotopic (exact) mass is 285 g/mol. The van der Waals surface area contributed by atoms with Gasteiger partial charge in [-0.15, -0.1) is 0 Å². The Hall–Kier alpha value is -1.94. The number of aliphatic hydroxyl groups excluding tert-OH is 1. The summed E-state index contributed by atoms with van der Waals surface area (Å²) in [4.78, 5) is 0. The van der Waals surface area contributed by atoms with Crippen molar-refractivity contribution in [3.63, 3.8) is 0 Å². The maximum Gasteiger partial charge on any atom is 0.231 e. The molecular formula is C17H19NO3. The summed E-state index contributed by atoms with van der Waals surface area (Å²) >= 11 is 0. The molecule has 1 aliphatic heterocycles. The van der Waals surface area contributed by atoms with Gasteiger partial charge in [-0.05, 0) is 36.5 Å². The number of rotatable bonds is 1. The second-order valence-corrected chi connectivity index (χ2v) is 6.69. The normalized spacial score (nSPS) is 22.1. The van der Waals surface area contributed by atoms with E-state index in [9.17, 15) is 5.11 Å². The van der Waals surface area contributed by atoms with Crippen LogP contribution in [0.2, 0.25) is 0 Å².